The molecule has 8 rings (SSSR count). The molecule has 228 valence electrons. The van der Waals surface area contributed by atoms with Gasteiger partial charge in [-0.2, -0.15) is 0 Å². The minimum Gasteiger partial charge on any atom is -0.256 e. The van der Waals surface area contributed by atoms with E-state index in [1.54, 1.807) is 0 Å². The predicted octanol–water partition coefficient (Wildman–Crippen LogP) is 11.6. The summed E-state index contributed by atoms with van der Waals surface area (Å²) in [7, 11) is 0. The van der Waals surface area contributed by atoms with Crippen LogP contribution in [0, 0.1) is 0 Å². The molecule has 0 fully saturated rings. The zero-order valence-electron chi connectivity index (χ0n) is 26.7. The Morgan fingerprint density at radius 3 is 1.69 bits per heavy atom. The van der Waals surface area contributed by atoms with E-state index in [2.05, 4.69) is 133 Å². The first-order chi connectivity index (χ1) is 23.7. The van der Waals surface area contributed by atoms with E-state index in [4.69, 9.17) is 9.97 Å². The minimum absolute atomic E-state index is 0.736. The van der Waals surface area contributed by atoms with E-state index < -0.39 is 0 Å². The molecule has 2 aromatic heterocycles. The molecule has 0 aliphatic heterocycles. The second kappa shape index (κ2) is 12.9. The van der Waals surface area contributed by atoms with Gasteiger partial charge in [0.25, 0.3) is 0 Å². The number of fused-ring (bicyclic) bond motifs is 1. The van der Waals surface area contributed by atoms with Gasteiger partial charge in [-0.15, -0.1) is 0 Å². The van der Waals surface area contributed by atoms with Crippen LogP contribution in [0.3, 0.4) is 0 Å². The largest absolute Gasteiger partial charge is 0.256 e. The van der Waals surface area contributed by atoms with Crippen molar-refractivity contribution in [3.05, 3.63) is 176 Å². The van der Waals surface area contributed by atoms with Crippen molar-refractivity contribution in [1.29, 1.82) is 0 Å². The first-order valence-corrected chi connectivity index (χ1v) is 16.4. The van der Waals surface area contributed by atoms with Crippen LogP contribution in [-0.2, 0) is 6.42 Å². The fraction of sp³-hybridized carbons (Fsp3) is 0.0444. The highest BCUT2D eigenvalue weighted by Crippen LogP contribution is 2.36. The normalized spacial score (nSPS) is 11.1. The van der Waals surface area contributed by atoms with Gasteiger partial charge in [0.2, 0.25) is 0 Å². The van der Waals surface area contributed by atoms with Crippen molar-refractivity contribution < 1.29 is 0 Å². The van der Waals surface area contributed by atoms with Crippen LogP contribution in [-0.4, -0.2) is 15.0 Å². The van der Waals surface area contributed by atoms with Crippen LogP contribution in [0.1, 0.15) is 12.5 Å². The number of hydrogen-bond acceptors (Lipinski definition) is 3. The van der Waals surface area contributed by atoms with Crippen molar-refractivity contribution in [1.82, 2.24) is 15.0 Å². The summed E-state index contributed by atoms with van der Waals surface area (Å²) in [5, 5.41) is 2.44. The Morgan fingerprint density at radius 1 is 0.438 bits per heavy atom. The summed E-state index contributed by atoms with van der Waals surface area (Å²) in [5.41, 5.74) is 13.2. The molecule has 0 atom stereocenters. The van der Waals surface area contributed by atoms with Gasteiger partial charge < -0.3 is 0 Å². The molecular formula is C45H33N3. The molecule has 0 bridgehead atoms. The number of hydrogen-bond donors (Lipinski definition) is 0. The third-order valence-electron chi connectivity index (χ3n) is 8.97. The lowest BCUT2D eigenvalue weighted by atomic mass is 9.93. The molecule has 48 heavy (non-hydrogen) atoms. The summed E-state index contributed by atoms with van der Waals surface area (Å²) in [6.45, 7) is 2.19. The molecule has 0 saturated carbocycles. The highest BCUT2D eigenvalue weighted by Gasteiger charge is 2.17. The zero-order valence-corrected chi connectivity index (χ0v) is 26.7. The lowest BCUT2D eigenvalue weighted by Crippen LogP contribution is -2.02. The van der Waals surface area contributed by atoms with Crippen molar-refractivity contribution in [2.45, 2.75) is 13.3 Å². The maximum Gasteiger partial charge on any atom is 0.160 e. The van der Waals surface area contributed by atoms with E-state index in [1.165, 1.54) is 33.0 Å². The van der Waals surface area contributed by atoms with Gasteiger partial charge >= 0.3 is 0 Å². The maximum absolute atomic E-state index is 5.18. The number of benzene rings is 6. The number of pyridine rings is 1. The highest BCUT2D eigenvalue weighted by atomic mass is 14.9. The maximum atomic E-state index is 5.18. The van der Waals surface area contributed by atoms with Crippen LogP contribution >= 0.6 is 0 Å². The fourth-order valence-corrected chi connectivity index (χ4v) is 6.49. The topological polar surface area (TPSA) is 38.7 Å². The number of rotatable bonds is 7. The predicted molar refractivity (Wildman–Crippen MR) is 199 cm³/mol. The molecule has 0 spiro atoms. The van der Waals surface area contributed by atoms with Crippen molar-refractivity contribution in [3.8, 4) is 67.4 Å². The highest BCUT2D eigenvalue weighted by molar-refractivity contribution is 5.99. The van der Waals surface area contributed by atoms with Crippen LogP contribution < -0.4 is 0 Å². The molecule has 0 aliphatic carbocycles. The third-order valence-corrected chi connectivity index (χ3v) is 8.97. The average Bonchev–Trinajstić information content (AvgIpc) is 3.18. The van der Waals surface area contributed by atoms with Crippen molar-refractivity contribution in [3.63, 3.8) is 0 Å². The zero-order chi connectivity index (χ0) is 32.3. The molecule has 0 N–H and O–H groups in total. The van der Waals surface area contributed by atoms with E-state index in [1.807, 2.05) is 48.7 Å². The molecule has 0 radical (unpaired) electrons. The van der Waals surface area contributed by atoms with Crippen molar-refractivity contribution >= 4 is 10.8 Å². The summed E-state index contributed by atoms with van der Waals surface area (Å²) in [6, 6.07) is 57.5. The Hall–Kier alpha value is -6.19. The van der Waals surface area contributed by atoms with Crippen LogP contribution in [0.4, 0.5) is 0 Å². The second-order valence-electron chi connectivity index (χ2n) is 11.9. The van der Waals surface area contributed by atoms with E-state index in [0.717, 1.165) is 57.1 Å². The molecule has 0 aliphatic rings. The molecule has 2 heterocycles. The van der Waals surface area contributed by atoms with Crippen LogP contribution in [0.5, 0.6) is 0 Å². The quantitative estimate of drug-likeness (QED) is 0.179. The van der Waals surface area contributed by atoms with Crippen molar-refractivity contribution in [2.75, 3.05) is 0 Å². The first kappa shape index (κ1) is 29.2. The van der Waals surface area contributed by atoms with Crippen LogP contribution in [0.15, 0.2) is 170 Å². The summed E-state index contributed by atoms with van der Waals surface area (Å²) < 4.78 is 0. The fourth-order valence-electron chi connectivity index (χ4n) is 6.49. The third kappa shape index (κ3) is 5.67. The van der Waals surface area contributed by atoms with Gasteiger partial charge in [0, 0.05) is 34.0 Å². The minimum atomic E-state index is 0.736. The average molecular weight is 616 g/mol. The first-order valence-electron chi connectivity index (χ1n) is 16.4. The lowest BCUT2D eigenvalue weighted by molar-refractivity contribution is 1.06. The smallest absolute Gasteiger partial charge is 0.160 e. The second-order valence-corrected chi connectivity index (χ2v) is 11.9. The Labute approximate surface area is 281 Å². The summed E-state index contributed by atoms with van der Waals surface area (Å²) in [4.78, 5) is 14.8. The molecule has 0 unspecified atom stereocenters. The van der Waals surface area contributed by atoms with E-state index in [0.29, 0.717) is 0 Å². The number of aromatic nitrogens is 3. The van der Waals surface area contributed by atoms with Crippen molar-refractivity contribution in [2.24, 2.45) is 0 Å². The van der Waals surface area contributed by atoms with Gasteiger partial charge in [0.05, 0.1) is 17.1 Å². The summed E-state index contributed by atoms with van der Waals surface area (Å²) >= 11 is 0. The molecular weight excluding hydrogens is 583 g/mol. The number of nitrogens with zero attached hydrogens (tertiary/aromatic N) is 3. The van der Waals surface area contributed by atoms with Crippen LogP contribution in [0.2, 0.25) is 0 Å². The SMILES string of the molecule is CCc1c(-c2ccccc2)nc(-c2ccccc2)nc1-c1ccc(-c2cccc3ccc(-c4ccc(-c5ccccn5)cc4)cc23)cc1. The summed E-state index contributed by atoms with van der Waals surface area (Å²) in [5.74, 6) is 0.736. The van der Waals surface area contributed by atoms with Gasteiger partial charge in [-0.25, -0.2) is 9.97 Å². The van der Waals surface area contributed by atoms with Crippen LogP contribution in [0.25, 0.3) is 78.2 Å². The summed E-state index contributed by atoms with van der Waals surface area (Å²) in [6.07, 6.45) is 2.66. The van der Waals surface area contributed by atoms with Gasteiger partial charge in [-0.05, 0) is 57.6 Å². The molecule has 6 aromatic carbocycles. The standard InChI is InChI=1S/C45H33N3/c1-2-39-43(35-12-5-3-6-13-35)47-45(37-14-7-4-8-15-37)48-44(39)36-26-21-33(22-27-36)40-17-11-16-32-23-28-38(30-41(32)40)31-19-24-34(25-20-31)42-18-9-10-29-46-42/h3-30H,2H2,1H3. The monoisotopic (exact) mass is 615 g/mol. The Kier molecular flexibility index (Phi) is 7.85. The van der Waals surface area contributed by atoms with Gasteiger partial charge in [0.15, 0.2) is 5.82 Å². The van der Waals surface area contributed by atoms with Gasteiger partial charge in [-0.3, -0.25) is 4.98 Å². The Balaban J connectivity index is 1.18. The van der Waals surface area contributed by atoms with Gasteiger partial charge in [-0.1, -0.05) is 153 Å². The lowest BCUT2D eigenvalue weighted by Gasteiger charge is -2.16. The Morgan fingerprint density at radius 2 is 1.02 bits per heavy atom. The van der Waals surface area contributed by atoms with E-state index >= 15 is 0 Å². The van der Waals surface area contributed by atoms with Gasteiger partial charge in [0.1, 0.15) is 0 Å². The Bertz CT molecular complexity index is 2330. The molecule has 3 heteroatoms. The molecule has 8 aromatic rings. The van der Waals surface area contributed by atoms with E-state index in [9.17, 15) is 0 Å². The molecule has 0 saturated heterocycles. The molecule has 3 nitrogen and oxygen atoms in total. The molecule has 0 amide bonds. The van der Waals surface area contributed by atoms with E-state index in [-0.39, 0.29) is 0 Å².